The average Bonchev–Trinajstić information content (AvgIpc) is 2.78. The molecule has 2 rings (SSSR count). The molecular weight excluding hydrogens is 392 g/mol. The van der Waals surface area contributed by atoms with Gasteiger partial charge in [-0.3, -0.25) is 4.79 Å². The molecule has 4 heteroatoms. The second-order valence-corrected chi connectivity index (χ2v) is 8.35. The third-order valence-corrected chi connectivity index (χ3v) is 5.74. The quantitative estimate of drug-likeness (QED) is 0.136. The molecule has 0 fully saturated rings. The second kappa shape index (κ2) is 13.9. The van der Waals surface area contributed by atoms with Gasteiger partial charge in [-0.15, -0.1) is 11.8 Å². The fourth-order valence-electron chi connectivity index (χ4n) is 2.72. The van der Waals surface area contributed by atoms with Crippen molar-refractivity contribution in [3.63, 3.8) is 0 Å². The number of thioether (sulfide) groups is 1. The van der Waals surface area contributed by atoms with Crippen molar-refractivity contribution in [1.82, 2.24) is 0 Å². The maximum atomic E-state index is 12.5. The van der Waals surface area contributed by atoms with Crippen LogP contribution in [0.25, 0.3) is 6.08 Å². The monoisotopic (exact) mass is 426 g/mol. The third-order valence-electron chi connectivity index (χ3n) is 4.52. The Kier molecular flexibility index (Phi) is 11.2. The lowest BCUT2D eigenvalue weighted by atomic mass is 10.1. The Morgan fingerprint density at radius 2 is 1.53 bits per heavy atom. The van der Waals surface area contributed by atoms with Gasteiger partial charge in [0.1, 0.15) is 0 Å². The number of carbonyl (C=O) groups is 1. The van der Waals surface area contributed by atoms with Crippen LogP contribution in [0, 0.1) is 0 Å². The van der Waals surface area contributed by atoms with Crippen LogP contribution < -0.4 is 9.47 Å². The second-order valence-electron chi connectivity index (χ2n) is 7.18. The van der Waals surface area contributed by atoms with Gasteiger partial charge < -0.3 is 9.47 Å². The molecule has 0 aliphatic rings. The zero-order valence-electron chi connectivity index (χ0n) is 18.5. The highest BCUT2D eigenvalue weighted by atomic mass is 32.2. The van der Waals surface area contributed by atoms with E-state index in [0.29, 0.717) is 18.8 Å². The lowest BCUT2D eigenvalue weighted by Crippen LogP contribution is -2.02. The molecule has 3 nitrogen and oxygen atoms in total. The van der Waals surface area contributed by atoms with Crippen molar-refractivity contribution < 1.29 is 14.3 Å². The first kappa shape index (κ1) is 24.1. The van der Waals surface area contributed by atoms with E-state index < -0.39 is 0 Å². The summed E-state index contributed by atoms with van der Waals surface area (Å²) in [6.07, 6.45) is 8.78. The van der Waals surface area contributed by atoms with Crippen LogP contribution in [-0.2, 0) is 0 Å². The minimum absolute atomic E-state index is 0.00114. The van der Waals surface area contributed by atoms with Crippen LogP contribution in [0.15, 0.2) is 53.4 Å². The molecule has 0 N–H and O–H groups in total. The summed E-state index contributed by atoms with van der Waals surface area (Å²) in [5, 5.41) is 0. The van der Waals surface area contributed by atoms with E-state index in [4.69, 9.17) is 9.47 Å². The Labute approximate surface area is 185 Å². The molecule has 0 atom stereocenters. The Balaban J connectivity index is 2.06. The topological polar surface area (TPSA) is 35.5 Å². The molecular formula is C26H34O3S. The predicted molar refractivity (Wildman–Crippen MR) is 128 cm³/mol. The fraction of sp³-hybridized carbons (Fsp3) is 0.423. The summed E-state index contributed by atoms with van der Waals surface area (Å²) in [7, 11) is 0. The SMILES string of the molecule is CCCCOc1ccc(C=CC(=O)c2ccc(SCCC)cc2)cc1OCCCC. The van der Waals surface area contributed by atoms with Crippen molar-refractivity contribution in [3.8, 4) is 11.5 Å². The molecule has 0 aliphatic heterocycles. The third kappa shape index (κ3) is 8.27. The van der Waals surface area contributed by atoms with Gasteiger partial charge in [0.25, 0.3) is 0 Å². The van der Waals surface area contributed by atoms with Crippen LogP contribution in [0.2, 0.25) is 0 Å². The number of carbonyl (C=O) groups excluding carboxylic acids is 1. The summed E-state index contributed by atoms with van der Waals surface area (Å²) in [6, 6.07) is 13.7. The van der Waals surface area contributed by atoms with Gasteiger partial charge in [0, 0.05) is 10.5 Å². The van der Waals surface area contributed by atoms with Crippen LogP contribution in [0.3, 0.4) is 0 Å². The van der Waals surface area contributed by atoms with Crippen molar-refractivity contribution in [2.24, 2.45) is 0 Å². The molecule has 0 amide bonds. The van der Waals surface area contributed by atoms with Crippen molar-refractivity contribution in [3.05, 3.63) is 59.7 Å². The van der Waals surface area contributed by atoms with E-state index in [9.17, 15) is 4.79 Å². The number of hydrogen-bond acceptors (Lipinski definition) is 4. The van der Waals surface area contributed by atoms with Gasteiger partial charge in [0.15, 0.2) is 17.3 Å². The van der Waals surface area contributed by atoms with E-state index in [2.05, 4.69) is 20.8 Å². The van der Waals surface area contributed by atoms with E-state index in [1.54, 1.807) is 6.08 Å². The lowest BCUT2D eigenvalue weighted by Gasteiger charge is -2.13. The summed E-state index contributed by atoms with van der Waals surface area (Å²) < 4.78 is 11.8. The van der Waals surface area contributed by atoms with Gasteiger partial charge in [-0.05, 0) is 73.1 Å². The zero-order valence-corrected chi connectivity index (χ0v) is 19.3. The highest BCUT2D eigenvalue weighted by Gasteiger charge is 2.07. The molecule has 0 aromatic heterocycles. The molecule has 162 valence electrons. The first-order valence-corrected chi connectivity index (χ1v) is 12.0. The summed E-state index contributed by atoms with van der Waals surface area (Å²) in [5.41, 5.74) is 1.62. The number of hydrogen-bond donors (Lipinski definition) is 0. The Hall–Kier alpha value is -2.20. The van der Waals surface area contributed by atoms with Crippen LogP contribution in [0.4, 0.5) is 0 Å². The smallest absolute Gasteiger partial charge is 0.185 e. The van der Waals surface area contributed by atoms with Crippen molar-refractivity contribution in [2.45, 2.75) is 57.8 Å². The van der Waals surface area contributed by atoms with Crippen molar-refractivity contribution >= 4 is 23.6 Å². The molecule has 0 heterocycles. The summed E-state index contributed by atoms with van der Waals surface area (Å²) >= 11 is 1.81. The largest absolute Gasteiger partial charge is 0.490 e. The number of ether oxygens (including phenoxy) is 2. The summed E-state index contributed by atoms with van der Waals surface area (Å²) in [4.78, 5) is 13.7. The summed E-state index contributed by atoms with van der Waals surface area (Å²) in [6.45, 7) is 7.79. The molecule has 0 unspecified atom stereocenters. The number of benzene rings is 2. The molecule has 2 aromatic rings. The minimum Gasteiger partial charge on any atom is -0.490 e. The van der Waals surface area contributed by atoms with Crippen LogP contribution >= 0.6 is 11.8 Å². The predicted octanol–water partition coefficient (Wildman–Crippen LogP) is 7.44. The Morgan fingerprint density at radius 1 is 0.867 bits per heavy atom. The first-order valence-electron chi connectivity index (χ1n) is 11.0. The standard InChI is InChI=1S/C26H34O3S/c1-4-7-17-28-25-16-10-21(20-26(25)29-18-8-5-2)9-15-24(27)22-11-13-23(14-12-22)30-19-6-3/h9-16,20H,4-8,17-19H2,1-3H3. The number of rotatable bonds is 14. The lowest BCUT2D eigenvalue weighted by molar-refractivity contribution is 0.104. The van der Waals surface area contributed by atoms with E-state index in [1.165, 1.54) is 4.90 Å². The molecule has 0 bridgehead atoms. The van der Waals surface area contributed by atoms with Gasteiger partial charge in [0.2, 0.25) is 0 Å². The minimum atomic E-state index is -0.00114. The number of ketones is 1. The maximum Gasteiger partial charge on any atom is 0.185 e. The van der Waals surface area contributed by atoms with Gasteiger partial charge in [0.05, 0.1) is 13.2 Å². The van der Waals surface area contributed by atoms with Gasteiger partial charge >= 0.3 is 0 Å². The van der Waals surface area contributed by atoms with Gasteiger partial charge in [-0.1, -0.05) is 45.8 Å². The number of allylic oxidation sites excluding steroid dienone is 1. The molecule has 0 radical (unpaired) electrons. The van der Waals surface area contributed by atoms with Crippen molar-refractivity contribution in [1.29, 1.82) is 0 Å². The van der Waals surface area contributed by atoms with E-state index in [0.717, 1.165) is 54.9 Å². The fourth-order valence-corrected chi connectivity index (χ4v) is 3.49. The van der Waals surface area contributed by atoms with Crippen LogP contribution in [0.1, 0.15) is 68.8 Å². The van der Waals surface area contributed by atoms with Crippen LogP contribution in [0.5, 0.6) is 11.5 Å². The molecule has 30 heavy (non-hydrogen) atoms. The summed E-state index contributed by atoms with van der Waals surface area (Å²) in [5.74, 6) is 2.60. The molecule has 0 saturated heterocycles. The maximum absolute atomic E-state index is 12.5. The molecule has 0 aliphatic carbocycles. The normalized spacial score (nSPS) is 11.0. The average molecular weight is 427 g/mol. The first-order chi connectivity index (χ1) is 14.7. The molecule has 0 saturated carbocycles. The van der Waals surface area contributed by atoms with Crippen molar-refractivity contribution in [2.75, 3.05) is 19.0 Å². The Bertz CT molecular complexity index is 796. The van der Waals surface area contributed by atoms with E-state index in [-0.39, 0.29) is 5.78 Å². The van der Waals surface area contributed by atoms with Crippen LogP contribution in [-0.4, -0.2) is 24.7 Å². The van der Waals surface area contributed by atoms with Gasteiger partial charge in [-0.25, -0.2) is 0 Å². The highest BCUT2D eigenvalue weighted by molar-refractivity contribution is 7.99. The van der Waals surface area contributed by atoms with Gasteiger partial charge in [-0.2, -0.15) is 0 Å². The zero-order chi connectivity index (χ0) is 21.6. The molecule has 2 aromatic carbocycles. The van der Waals surface area contributed by atoms with E-state index >= 15 is 0 Å². The Morgan fingerprint density at radius 3 is 2.17 bits per heavy atom. The highest BCUT2D eigenvalue weighted by Crippen LogP contribution is 2.29. The molecule has 0 spiro atoms. The number of unbranched alkanes of at least 4 members (excludes halogenated alkanes) is 2. The van der Waals surface area contributed by atoms with E-state index in [1.807, 2.05) is 60.3 Å².